The van der Waals surface area contributed by atoms with Crippen molar-refractivity contribution in [3.8, 4) is 28.5 Å². The monoisotopic (exact) mass is 297 g/mol. The number of methoxy groups -OCH3 is 2. The van der Waals surface area contributed by atoms with Crippen LogP contribution in [0.25, 0.3) is 17.0 Å². The van der Waals surface area contributed by atoms with E-state index in [1.807, 2.05) is 30.3 Å². The molecule has 0 saturated carbocycles. The summed E-state index contributed by atoms with van der Waals surface area (Å²) in [7, 11) is 3.12. The van der Waals surface area contributed by atoms with Gasteiger partial charge in [-0.1, -0.05) is 30.3 Å². The Bertz CT molecular complexity index is 833. The number of benzene rings is 2. The van der Waals surface area contributed by atoms with Crippen molar-refractivity contribution < 1.29 is 13.9 Å². The summed E-state index contributed by atoms with van der Waals surface area (Å²) in [6, 6.07) is 14.7. The summed E-state index contributed by atoms with van der Waals surface area (Å²) >= 11 is 0. The predicted octanol–water partition coefficient (Wildman–Crippen LogP) is 3.11. The van der Waals surface area contributed by atoms with Gasteiger partial charge < -0.3 is 13.9 Å². The van der Waals surface area contributed by atoms with Gasteiger partial charge in [0.25, 0.3) is 0 Å². The van der Waals surface area contributed by atoms with Crippen molar-refractivity contribution in [3.05, 3.63) is 65.3 Å². The van der Waals surface area contributed by atoms with E-state index in [0.29, 0.717) is 22.9 Å². The van der Waals surface area contributed by atoms with Crippen molar-refractivity contribution in [2.45, 2.75) is 0 Å². The maximum atomic E-state index is 12.1. The average molecular weight is 297 g/mol. The Kier molecular flexibility index (Phi) is 3.70. The number of rotatable bonds is 4. The van der Waals surface area contributed by atoms with Crippen LogP contribution in [0, 0.1) is 0 Å². The molecule has 0 aliphatic rings. The van der Waals surface area contributed by atoms with Crippen LogP contribution in [-0.4, -0.2) is 18.8 Å². The molecule has 0 spiro atoms. The zero-order chi connectivity index (χ0) is 15.5. The third-order valence-electron chi connectivity index (χ3n) is 3.34. The molecule has 3 rings (SSSR count). The van der Waals surface area contributed by atoms with Gasteiger partial charge in [-0.2, -0.15) is 0 Å². The Labute approximate surface area is 127 Å². The standard InChI is InChI=1S/C17H15NO4/c1-20-14-9-8-13(10-15(14)21-2)18-11-16(22-17(18)19)12-6-4-3-5-7-12/h3-11H,1-2H3. The van der Waals surface area contributed by atoms with Crippen LogP contribution in [0.15, 0.2) is 63.9 Å². The predicted molar refractivity (Wildman–Crippen MR) is 82.8 cm³/mol. The van der Waals surface area contributed by atoms with Crippen molar-refractivity contribution in [3.63, 3.8) is 0 Å². The van der Waals surface area contributed by atoms with Crippen molar-refractivity contribution in [2.75, 3.05) is 14.2 Å². The van der Waals surface area contributed by atoms with Gasteiger partial charge in [-0.3, -0.25) is 0 Å². The van der Waals surface area contributed by atoms with E-state index in [-0.39, 0.29) is 0 Å². The van der Waals surface area contributed by atoms with Gasteiger partial charge >= 0.3 is 5.76 Å². The molecule has 5 nitrogen and oxygen atoms in total. The summed E-state index contributed by atoms with van der Waals surface area (Å²) in [5, 5.41) is 0. The van der Waals surface area contributed by atoms with Crippen LogP contribution in [0.3, 0.4) is 0 Å². The van der Waals surface area contributed by atoms with Gasteiger partial charge in [0, 0.05) is 11.6 Å². The molecular weight excluding hydrogens is 282 g/mol. The van der Waals surface area contributed by atoms with E-state index < -0.39 is 5.76 Å². The first-order valence-electron chi connectivity index (χ1n) is 6.73. The smallest absolute Gasteiger partial charge is 0.424 e. The molecule has 0 atom stereocenters. The van der Waals surface area contributed by atoms with E-state index in [1.54, 1.807) is 38.6 Å². The highest BCUT2D eigenvalue weighted by Gasteiger charge is 2.12. The third kappa shape index (κ3) is 2.48. The topological polar surface area (TPSA) is 53.6 Å². The maximum absolute atomic E-state index is 12.1. The van der Waals surface area contributed by atoms with Gasteiger partial charge in [0.1, 0.15) is 0 Å². The summed E-state index contributed by atoms with van der Waals surface area (Å²) in [6.45, 7) is 0. The molecule has 0 aliphatic carbocycles. The molecule has 22 heavy (non-hydrogen) atoms. The summed E-state index contributed by atoms with van der Waals surface area (Å²) in [5.74, 6) is 1.21. The van der Waals surface area contributed by atoms with Gasteiger partial charge in [-0.05, 0) is 12.1 Å². The quantitative estimate of drug-likeness (QED) is 0.742. The molecular formula is C17H15NO4. The van der Waals surface area contributed by atoms with Gasteiger partial charge in [0.05, 0.1) is 26.1 Å². The molecule has 1 heterocycles. The van der Waals surface area contributed by atoms with E-state index >= 15 is 0 Å². The Hall–Kier alpha value is -2.95. The lowest BCUT2D eigenvalue weighted by atomic mass is 10.2. The average Bonchev–Trinajstić information content (AvgIpc) is 2.97. The van der Waals surface area contributed by atoms with Gasteiger partial charge in [-0.15, -0.1) is 0 Å². The molecule has 0 bridgehead atoms. The molecule has 0 N–H and O–H groups in total. The second-order valence-corrected chi connectivity index (χ2v) is 4.64. The highest BCUT2D eigenvalue weighted by Crippen LogP contribution is 2.29. The Morgan fingerprint density at radius 3 is 2.36 bits per heavy atom. The SMILES string of the molecule is COc1ccc(-n2cc(-c3ccccc3)oc2=O)cc1OC. The van der Waals surface area contributed by atoms with Crippen LogP contribution >= 0.6 is 0 Å². The first-order chi connectivity index (χ1) is 10.7. The first-order valence-corrected chi connectivity index (χ1v) is 6.73. The summed E-state index contributed by atoms with van der Waals surface area (Å²) in [6.07, 6.45) is 1.67. The fourth-order valence-corrected chi connectivity index (χ4v) is 2.23. The van der Waals surface area contributed by atoms with E-state index in [1.165, 1.54) is 4.57 Å². The van der Waals surface area contributed by atoms with Crippen LogP contribution in [0.2, 0.25) is 0 Å². The molecule has 1 aromatic heterocycles. The van der Waals surface area contributed by atoms with Crippen LogP contribution in [-0.2, 0) is 0 Å². The van der Waals surface area contributed by atoms with Crippen LogP contribution < -0.4 is 15.2 Å². The molecule has 2 aromatic carbocycles. The Morgan fingerprint density at radius 1 is 0.955 bits per heavy atom. The maximum Gasteiger partial charge on any atom is 0.424 e. The van der Waals surface area contributed by atoms with E-state index in [4.69, 9.17) is 13.9 Å². The third-order valence-corrected chi connectivity index (χ3v) is 3.34. The molecule has 0 aliphatic heterocycles. The Balaban J connectivity index is 2.06. The first kappa shape index (κ1) is 14.0. The molecule has 0 fully saturated rings. The minimum atomic E-state index is -0.453. The highest BCUT2D eigenvalue weighted by molar-refractivity contribution is 5.57. The van der Waals surface area contributed by atoms with Crippen molar-refractivity contribution in [2.24, 2.45) is 0 Å². The summed E-state index contributed by atoms with van der Waals surface area (Å²) < 4.78 is 17.2. The molecule has 5 heteroatoms. The van der Waals surface area contributed by atoms with Crippen LogP contribution in [0.4, 0.5) is 0 Å². The second-order valence-electron chi connectivity index (χ2n) is 4.64. The number of oxazole rings is 1. The second kappa shape index (κ2) is 5.81. The molecule has 0 unspecified atom stereocenters. The zero-order valence-corrected chi connectivity index (χ0v) is 12.3. The lowest BCUT2D eigenvalue weighted by Crippen LogP contribution is -2.10. The normalized spacial score (nSPS) is 10.5. The van der Waals surface area contributed by atoms with E-state index in [9.17, 15) is 4.79 Å². The minimum absolute atomic E-state index is 0.453. The fraction of sp³-hybridized carbons (Fsp3) is 0.118. The van der Waals surface area contributed by atoms with Gasteiger partial charge in [-0.25, -0.2) is 9.36 Å². The lowest BCUT2D eigenvalue weighted by molar-refractivity contribution is 0.354. The fourth-order valence-electron chi connectivity index (χ4n) is 2.23. The van der Waals surface area contributed by atoms with Crippen molar-refractivity contribution >= 4 is 0 Å². The number of nitrogens with zero attached hydrogens (tertiary/aromatic N) is 1. The number of ether oxygens (including phenoxy) is 2. The van der Waals surface area contributed by atoms with E-state index in [2.05, 4.69) is 0 Å². The summed E-state index contributed by atoms with van der Waals surface area (Å²) in [5.41, 5.74) is 1.49. The summed E-state index contributed by atoms with van der Waals surface area (Å²) in [4.78, 5) is 12.1. The van der Waals surface area contributed by atoms with Gasteiger partial charge in [0.2, 0.25) is 0 Å². The van der Waals surface area contributed by atoms with Crippen LogP contribution in [0.5, 0.6) is 11.5 Å². The van der Waals surface area contributed by atoms with Gasteiger partial charge in [0.15, 0.2) is 17.3 Å². The molecule has 0 radical (unpaired) electrons. The molecule has 3 aromatic rings. The van der Waals surface area contributed by atoms with Crippen LogP contribution in [0.1, 0.15) is 0 Å². The molecule has 0 amide bonds. The lowest BCUT2D eigenvalue weighted by Gasteiger charge is -2.09. The minimum Gasteiger partial charge on any atom is -0.493 e. The number of hydrogen-bond acceptors (Lipinski definition) is 4. The molecule has 0 saturated heterocycles. The highest BCUT2D eigenvalue weighted by atomic mass is 16.5. The number of aromatic nitrogens is 1. The van der Waals surface area contributed by atoms with E-state index in [0.717, 1.165) is 5.56 Å². The zero-order valence-electron chi connectivity index (χ0n) is 12.3. The molecule has 112 valence electrons. The largest absolute Gasteiger partial charge is 0.493 e. The van der Waals surface area contributed by atoms with Crippen molar-refractivity contribution in [1.29, 1.82) is 0 Å². The van der Waals surface area contributed by atoms with Crippen molar-refractivity contribution in [1.82, 2.24) is 4.57 Å². The Morgan fingerprint density at radius 2 is 1.68 bits per heavy atom. The number of hydrogen-bond donors (Lipinski definition) is 0.